The number of hydrogen-bond acceptors (Lipinski definition) is 3. The zero-order valence-electron chi connectivity index (χ0n) is 13.7. The quantitative estimate of drug-likeness (QED) is 0.617. The number of anilines is 1. The van der Waals surface area contributed by atoms with Gasteiger partial charge in [0.2, 0.25) is 0 Å². The summed E-state index contributed by atoms with van der Waals surface area (Å²) < 4.78 is 14.5. The summed E-state index contributed by atoms with van der Waals surface area (Å²) in [4.78, 5) is 10.9. The number of halogens is 1. The molecule has 5 rings (SSSR count). The normalized spacial score (nSPS) is 32.0. The Kier molecular flexibility index (Phi) is 3.14. The second-order valence-electron chi connectivity index (χ2n) is 7.61. The number of non-ortho nitro benzene ring substituents is 1. The van der Waals surface area contributed by atoms with Crippen LogP contribution in [0.4, 0.5) is 15.8 Å². The predicted octanol–water partition coefficient (Wildman–Crippen LogP) is 5.03. The van der Waals surface area contributed by atoms with Gasteiger partial charge in [0.1, 0.15) is 5.82 Å². The van der Waals surface area contributed by atoms with Gasteiger partial charge < -0.3 is 5.32 Å². The topological polar surface area (TPSA) is 55.2 Å². The van der Waals surface area contributed by atoms with E-state index >= 15 is 0 Å². The zero-order valence-corrected chi connectivity index (χ0v) is 13.7. The minimum Gasteiger partial charge on any atom is -0.378 e. The summed E-state index contributed by atoms with van der Waals surface area (Å²) in [7, 11) is 0. The Labute approximate surface area is 145 Å². The van der Waals surface area contributed by atoms with Crippen LogP contribution in [0.1, 0.15) is 42.3 Å². The molecule has 0 unspecified atom stereocenters. The van der Waals surface area contributed by atoms with E-state index in [1.54, 1.807) is 18.2 Å². The lowest BCUT2D eigenvalue weighted by atomic mass is 9.68. The number of benzene rings is 2. The fourth-order valence-corrected chi connectivity index (χ4v) is 5.62. The van der Waals surface area contributed by atoms with E-state index in [1.807, 2.05) is 12.1 Å². The molecular weight excluding hydrogens is 319 g/mol. The first-order chi connectivity index (χ1) is 12.1. The fraction of sp³-hybridized carbons (Fsp3) is 0.400. The summed E-state index contributed by atoms with van der Waals surface area (Å²) in [5, 5.41) is 14.7. The lowest BCUT2D eigenvalue weighted by molar-refractivity contribution is -0.384. The smallest absolute Gasteiger partial charge is 0.269 e. The van der Waals surface area contributed by atoms with Crippen molar-refractivity contribution in [1.82, 2.24) is 0 Å². The van der Waals surface area contributed by atoms with Crippen molar-refractivity contribution in [3.05, 3.63) is 69.5 Å². The standard InChI is InChI=1S/C20H19FN2O2/c21-16-4-2-1-3-14(16)20-19-12-6-5-11(9-12)18(19)15-10-13(23(24)25)7-8-17(15)22-20/h1-4,7-8,10-12,18-20,22H,5-6,9H2/t11-,12+,18+,19+,20-/m0/s1. The summed E-state index contributed by atoms with van der Waals surface area (Å²) >= 11 is 0. The Bertz CT molecular complexity index is 869. The third-order valence-corrected chi connectivity index (χ3v) is 6.52. The number of nitrogens with zero attached hydrogens (tertiary/aromatic N) is 1. The molecule has 5 atom stereocenters. The highest BCUT2D eigenvalue weighted by Gasteiger charge is 2.54. The summed E-state index contributed by atoms with van der Waals surface area (Å²) in [6.07, 6.45) is 3.52. The molecular formula is C20H19FN2O2. The SMILES string of the molecule is O=[N+]([O-])c1ccc2c(c1)[C@H]1[C@H]3CC[C@H](C3)[C@H]1[C@H](c1ccccc1F)N2. The highest BCUT2D eigenvalue weighted by atomic mass is 19.1. The molecule has 2 bridgehead atoms. The molecule has 2 fully saturated rings. The number of fused-ring (bicyclic) bond motifs is 7. The lowest BCUT2D eigenvalue weighted by Crippen LogP contribution is -2.35. The van der Waals surface area contributed by atoms with Gasteiger partial charge in [-0.2, -0.15) is 0 Å². The van der Waals surface area contributed by atoms with Gasteiger partial charge in [0.05, 0.1) is 11.0 Å². The van der Waals surface area contributed by atoms with E-state index in [0.29, 0.717) is 29.2 Å². The monoisotopic (exact) mass is 338 g/mol. The van der Waals surface area contributed by atoms with Crippen LogP contribution in [0.3, 0.4) is 0 Å². The number of nitrogens with one attached hydrogen (secondary N) is 1. The molecule has 2 saturated carbocycles. The third kappa shape index (κ3) is 2.11. The summed E-state index contributed by atoms with van der Waals surface area (Å²) in [5.41, 5.74) is 2.84. The van der Waals surface area contributed by atoms with Crippen LogP contribution in [-0.2, 0) is 0 Å². The minimum atomic E-state index is -0.328. The Morgan fingerprint density at radius 1 is 1.08 bits per heavy atom. The van der Waals surface area contributed by atoms with Crippen molar-refractivity contribution < 1.29 is 9.31 Å². The maximum absolute atomic E-state index is 14.5. The summed E-state index contributed by atoms with van der Waals surface area (Å²) in [6, 6.07) is 12.0. The molecule has 0 radical (unpaired) electrons. The molecule has 25 heavy (non-hydrogen) atoms. The highest BCUT2D eigenvalue weighted by molar-refractivity contribution is 5.62. The molecule has 3 aliphatic rings. The molecule has 5 heteroatoms. The first kappa shape index (κ1) is 14.9. The van der Waals surface area contributed by atoms with Gasteiger partial charge >= 0.3 is 0 Å². The van der Waals surface area contributed by atoms with Crippen molar-refractivity contribution in [2.45, 2.75) is 31.2 Å². The molecule has 2 aliphatic carbocycles. The third-order valence-electron chi connectivity index (χ3n) is 6.52. The Morgan fingerprint density at radius 2 is 1.88 bits per heavy atom. The average Bonchev–Trinajstić information content (AvgIpc) is 3.23. The fourth-order valence-electron chi connectivity index (χ4n) is 5.62. The molecule has 128 valence electrons. The van der Waals surface area contributed by atoms with Crippen LogP contribution in [0.5, 0.6) is 0 Å². The molecule has 1 aliphatic heterocycles. The van der Waals surface area contributed by atoms with E-state index < -0.39 is 0 Å². The van der Waals surface area contributed by atoms with E-state index in [2.05, 4.69) is 5.32 Å². The molecule has 2 aromatic rings. The first-order valence-electron chi connectivity index (χ1n) is 8.93. The predicted molar refractivity (Wildman–Crippen MR) is 92.9 cm³/mol. The van der Waals surface area contributed by atoms with Crippen LogP contribution in [0.2, 0.25) is 0 Å². The van der Waals surface area contributed by atoms with Gasteiger partial charge in [-0.3, -0.25) is 10.1 Å². The molecule has 0 aromatic heterocycles. The van der Waals surface area contributed by atoms with Crippen molar-refractivity contribution in [3.63, 3.8) is 0 Å². The number of rotatable bonds is 2. The second-order valence-corrected chi connectivity index (χ2v) is 7.61. The van der Waals surface area contributed by atoms with Gasteiger partial charge in [-0.25, -0.2) is 4.39 Å². The number of nitro groups is 1. The molecule has 1 N–H and O–H groups in total. The molecule has 0 spiro atoms. The maximum atomic E-state index is 14.5. The van der Waals surface area contributed by atoms with Crippen LogP contribution in [0, 0.1) is 33.7 Å². The summed E-state index contributed by atoms with van der Waals surface area (Å²) in [6.45, 7) is 0. The summed E-state index contributed by atoms with van der Waals surface area (Å²) in [5.74, 6) is 1.56. The van der Waals surface area contributed by atoms with Crippen molar-refractivity contribution in [2.75, 3.05) is 5.32 Å². The first-order valence-corrected chi connectivity index (χ1v) is 8.93. The van der Waals surface area contributed by atoms with Crippen LogP contribution >= 0.6 is 0 Å². The molecule has 4 nitrogen and oxygen atoms in total. The molecule has 1 heterocycles. The highest BCUT2D eigenvalue weighted by Crippen LogP contribution is 2.64. The van der Waals surface area contributed by atoms with E-state index in [4.69, 9.17) is 0 Å². The molecule has 0 amide bonds. The van der Waals surface area contributed by atoms with Crippen molar-refractivity contribution >= 4 is 11.4 Å². The van der Waals surface area contributed by atoms with Gasteiger partial charge in [0.15, 0.2) is 0 Å². The van der Waals surface area contributed by atoms with Gasteiger partial charge in [-0.15, -0.1) is 0 Å². The maximum Gasteiger partial charge on any atom is 0.269 e. The molecule has 2 aromatic carbocycles. The Hall–Kier alpha value is -2.43. The van der Waals surface area contributed by atoms with Crippen molar-refractivity contribution in [3.8, 4) is 0 Å². The van der Waals surface area contributed by atoms with Gasteiger partial charge in [-0.05, 0) is 60.6 Å². The van der Waals surface area contributed by atoms with Gasteiger partial charge in [0.25, 0.3) is 5.69 Å². The second kappa shape index (κ2) is 5.28. The van der Waals surface area contributed by atoms with Crippen molar-refractivity contribution in [2.24, 2.45) is 17.8 Å². The van der Waals surface area contributed by atoms with E-state index in [-0.39, 0.29) is 22.5 Å². The number of nitro benzene ring substituents is 1. The lowest BCUT2D eigenvalue weighted by Gasteiger charge is -2.43. The van der Waals surface area contributed by atoms with Crippen LogP contribution in [0.15, 0.2) is 42.5 Å². The zero-order chi connectivity index (χ0) is 17.1. The van der Waals surface area contributed by atoms with Gasteiger partial charge in [-0.1, -0.05) is 18.2 Å². The average molecular weight is 338 g/mol. The van der Waals surface area contributed by atoms with E-state index in [1.165, 1.54) is 25.0 Å². The van der Waals surface area contributed by atoms with Gasteiger partial charge in [0, 0.05) is 23.4 Å². The largest absolute Gasteiger partial charge is 0.378 e. The van der Waals surface area contributed by atoms with Crippen molar-refractivity contribution in [1.29, 1.82) is 0 Å². The Morgan fingerprint density at radius 3 is 2.68 bits per heavy atom. The Balaban J connectivity index is 1.65. The minimum absolute atomic E-state index is 0.0598. The molecule has 0 saturated heterocycles. The van der Waals surface area contributed by atoms with Crippen LogP contribution in [-0.4, -0.2) is 4.92 Å². The number of hydrogen-bond donors (Lipinski definition) is 1. The van der Waals surface area contributed by atoms with Crippen LogP contribution < -0.4 is 5.32 Å². The van der Waals surface area contributed by atoms with E-state index in [0.717, 1.165) is 17.7 Å². The van der Waals surface area contributed by atoms with Crippen LogP contribution in [0.25, 0.3) is 0 Å². The van der Waals surface area contributed by atoms with E-state index in [9.17, 15) is 14.5 Å².